The van der Waals surface area contributed by atoms with Gasteiger partial charge in [-0.15, -0.1) is 0 Å². The van der Waals surface area contributed by atoms with Crippen LogP contribution in [0, 0.1) is 13.8 Å². The van der Waals surface area contributed by atoms with Gasteiger partial charge in [-0.2, -0.15) is 0 Å². The third-order valence-electron chi connectivity index (χ3n) is 5.77. The number of aromatic nitrogens is 1. The van der Waals surface area contributed by atoms with Crippen molar-refractivity contribution < 1.29 is 23.8 Å². The van der Waals surface area contributed by atoms with E-state index < -0.39 is 17.7 Å². The number of Topliss-reactive ketones (excluding diaryl/α,β-unsaturated/α-hetero) is 1. The number of ether oxygens (including phenoxy) is 1. The normalized spacial score (nSPS) is 17.6. The molecule has 1 amide bonds. The Morgan fingerprint density at radius 3 is 2.74 bits per heavy atom. The first-order valence-corrected chi connectivity index (χ1v) is 11.7. The molecule has 1 atom stereocenters. The first-order chi connectivity index (χ1) is 16.4. The summed E-state index contributed by atoms with van der Waals surface area (Å²) in [7, 11) is 0. The van der Waals surface area contributed by atoms with Gasteiger partial charge in [-0.3, -0.25) is 14.5 Å². The Morgan fingerprint density at radius 2 is 2.00 bits per heavy atom. The smallest absolute Gasteiger partial charge is 0.302 e. The van der Waals surface area contributed by atoms with Crippen molar-refractivity contribution in [3.63, 3.8) is 0 Å². The molecule has 1 saturated heterocycles. The largest absolute Gasteiger partial charge is 0.507 e. The number of amides is 1. The Morgan fingerprint density at radius 1 is 1.18 bits per heavy atom. The maximum Gasteiger partial charge on any atom is 0.302 e. The highest BCUT2D eigenvalue weighted by Gasteiger charge is 2.49. The Hall–Kier alpha value is -3.91. The van der Waals surface area contributed by atoms with Crippen LogP contribution in [0.5, 0.6) is 5.75 Å². The fourth-order valence-electron chi connectivity index (χ4n) is 4.13. The third-order valence-corrected chi connectivity index (χ3v) is 6.79. The summed E-state index contributed by atoms with van der Waals surface area (Å²) in [6.45, 7) is 6.18. The molecule has 4 aromatic rings. The van der Waals surface area contributed by atoms with Crippen molar-refractivity contribution in [3.8, 4) is 5.75 Å². The van der Waals surface area contributed by atoms with Crippen LogP contribution in [0.15, 0.2) is 64.8 Å². The number of furan rings is 1. The molecule has 1 aliphatic rings. The van der Waals surface area contributed by atoms with Gasteiger partial charge in [0, 0.05) is 5.56 Å². The van der Waals surface area contributed by atoms with Crippen LogP contribution < -0.4 is 9.64 Å². The molecular weight excluding hydrogens is 452 g/mol. The number of ketones is 1. The molecule has 7 nitrogen and oxygen atoms in total. The zero-order valence-corrected chi connectivity index (χ0v) is 19.7. The van der Waals surface area contributed by atoms with E-state index in [1.54, 1.807) is 18.2 Å². The highest BCUT2D eigenvalue weighted by atomic mass is 32.1. The molecule has 0 saturated carbocycles. The van der Waals surface area contributed by atoms with Crippen molar-refractivity contribution in [1.82, 2.24) is 4.98 Å². The SMILES string of the molecule is CCOc1ccc2nc(N3C(=O)C(=O)/C(=C(/O)c4cc(C)ccc4C)C3c3ccco3)sc2c1. The van der Waals surface area contributed by atoms with Gasteiger partial charge >= 0.3 is 5.91 Å². The number of aliphatic hydroxyl groups is 1. The quantitative estimate of drug-likeness (QED) is 0.232. The van der Waals surface area contributed by atoms with E-state index in [0.29, 0.717) is 34.3 Å². The van der Waals surface area contributed by atoms with E-state index in [0.717, 1.165) is 15.8 Å². The van der Waals surface area contributed by atoms with Gasteiger partial charge in [-0.1, -0.05) is 29.0 Å². The fraction of sp³-hybridized carbons (Fsp3) is 0.192. The predicted molar refractivity (Wildman–Crippen MR) is 130 cm³/mol. The van der Waals surface area contributed by atoms with Crippen LogP contribution in [0.1, 0.15) is 35.4 Å². The van der Waals surface area contributed by atoms with E-state index in [1.165, 1.54) is 22.5 Å². The summed E-state index contributed by atoms with van der Waals surface area (Å²) in [5, 5.41) is 11.6. The van der Waals surface area contributed by atoms with Gasteiger partial charge in [0.15, 0.2) is 5.13 Å². The molecule has 3 heterocycles. The summed E-state index contributed by atoms with van der Waals surface area (Å²) in [6, 6.07) is 13.5. The average Bonchev–Trinajstić information content (AvgIpc) is 3.54. The lowest BCUT2D eigenvalue weighted by atomic mass is 9.96. The van der Waals surface area contributed by atoms with E-state index in [4.69, 9.17) is 9.15 Å². The molecule has 0 radical (unpaired) electrons. The van der Waals surface area contributed by atoms with E-state index in [9.17, 15) is 14.7 Å². The van der Waals surface area contributed by atoms with Crippen molar-refractivity contribution in [3.05, 3.63) is 82.8 Å². The van der Waals surface area contributed by atoms with Crippen LogP contribution in [-0.4, -0.2) is 28.4 Å². The lowest BCUT2D eigenvalue weighted by molar-refractivity contribution is -0.132. The highest BCUT2D eigenvalue weighted by molar-refractivity contribution is 7.22. The Kier molecular flexibility index (Phi) is 5.45. The van der Waals surface area contributed by atoms with Crippen molar-refractivity contribution >= 4 is 44.1 Å². The second-order valence-electron chi connectivity index (χ2n) is 8.06. The third kappa shape index (κ3) is 3.56. The predicted octanol–water partition coefficient (Wildman–Crippen LogP) is 5.53. The number of carbonyl (C=O) groups excluding carboxylic acids is 2. The molecule has 0 spiro atoms. The second-order valence-corrected chi connectivity index (χ2v) is 9.07. The van der Waals surface area contributed by atoms with E-state index in [1.807, 2.05) is 51.1 Å². The lowest BCUT2D eigenvalue weighted by Crippen LogP contribution is -2.29. The van der Waals surface area contributed by atoms with Gasteiger partial charge in [0.25, 0.3) is 5.78 Å². The van der Waals surface area contributed by atoms with Crippen LogP contribution in [-0.2, 0) is 9.59 Å². The maximum atomic E-state index is 13.3. The van der Waals surface area contributed by atoms with Crippen LogP contribution in [0.25, 0.3) is 16.0 Å². The zero-order valence-electron chi connectivity index (χ0n) is 18.9. The van der Waals surface area contributed by atoms with Gasteiger partial charge in [-0.05, 0) is 62.7 Å². The molecule has 34 heavy (non-hydrogen) atoms. The summed E-state index contributed by atoms with van der Waals surface area (Å²) in [4.78, 5) is 32.5. The average molecular weight is 475 g/mol. The number of carbonyl (C=O) groups is 2. The van der Waals surface area contributed by atoms with Gasteiger partial charge in [0.2, 0.25) is 0 Å². The molecule has 1 fully saturated rings. The summed E-state index contributed by atoms with van der Waals surface area (Å²) in [5.41, 5.74) is 2.87. The van der Waals surface area contributed by atoms with Crippen molar-refractivity contribution in [1.29, 1.82) is 0 Å². The number of rotatable bonds is 5. The Bertz CT molecular complexity index is 1450. The summed E-state index contributed by atoms with van der Waals surface area (Å²) in [6.07, 6.45) is 1.47. The first kappa shape index (κ1) is 21.9. The monoisotopic (exact) mass is 474 g/mol. The summed E-state index contributed by atoms with van der Waals surface area (Å²) >= 11 is 1.27. The van der Waals surface area contributed by atoms with Crippen molar-refractivity contribution in [2.24, 2.45) is 0 Å². The number of fused-ring (bicyclic) bond motifs is 1. The van der Waals surface area contributed by atoms with E-state index in [-0.39, 0.29) is 11.3 Å². The number of nitrogens with zero attached hydrogens (tertiary/aromatic N) is 2. The lowest BCUT2D eigenvalue weighted by Gasteiger charge is -2.20. The molecule has 0 bridgehead atoms. The molecule has 172 valence electrons. The molecule has 8 heteroatoms. The standard InChI is InChI=1S/C26H22N2O5S/c1-4-32-16-9-10-18-20(13-16)34-26(27-18)28-22(19-6-5-11-33-19)21(24(30)25(28)31)23(29)17-12-14(2)7-8-15(17)3/h5-13,22,29H,4H2,1-3H3/b23-21+. The number of anilines is 1. The van der Waals surface area contributed by atoms with E-state index in [2.05, 4.69) is 4.98 Å². The molecule has 1 N–H and O–H groups in total. The molecule has 1 aliphatic heterocycles. The van der Waals surface area contributed by atoms with Crippen molar-refractivity contribution in [2.45, 2.75) is 26.8 Å². The molecule has 5 rings (SSSR count). The summed E-state index contributed by atoms with van der Waals surface area (Å²) < 4.78 is 12.0. The number of hydrogen-bond donors (Lipinski definition) is 1. The Balaban J connectivity index is 1.69. The van der Waals surface area contributed by atoms with Crippen LogP contribution >= 0.6 is 11.3 Å². The number of thiazole rings is 1. The Labute approximate surface area is 199 Å². The minimum atomic E-state index is -0.943. The number of hydrogen-bond acceptors (Lipinski definition) is 7. The minimum absolute atomic E-state index is 0.0251. The first-order valence-electron chi connectivity index (χ1n) is 10.8. The van der Waals surface area contributed by atoms with Crippen molar-refractivity contribution in [2.75, 3.05) is 11.5 Å². The molecule has 1 unspecified atom stereocenters. The van der Waals surface area contributed by atoms with Crippen LogP contribution in [0.4, 0.5) is 5.13 Å². The van der Waals surface area contributed by atoms with Gasteiger partial charge in [0.1, 0.15) is 23.3 Å². The molecular formula is C26H22N2O5S. The topological polar surface area (TPSA) is 92.9 Å². The van der Waals surface area contributed by atoms with Gasteiger partial charge in [0.05, 0.1) is 28.7 Å². The minimum Gasteiger partial charge on any atom is -0.507 e. The fourth-order valence-corrected chi connectivity index (χ4v) is 5.15. The molecule has 0 aliphatic carbocycles. The number of aryl methyl sites for hydroxylation is 2. The highest BCUT2D eigenvalue weighted by Crippen LogP contribution is 2.45. The molecule has 2 aromatic heterocycles. The maximum absolute atomic E-state index is 13.3. The zero-order chi connectivity index (χ0) is 24.0. The summed E-state index contributed by atoms with van der Waals surface area (Å²) in [5.74, 6) is -0.723. The second kappa shape index (κ2) is 8.46. The van der Waals surface area contributed by atoms with Gasteiger partial charge < -0.3 is 14.3 Å². The van der Waals surface area contributed by atoms with Gasteiger partial charge in [-0.25, -0.2) is 4.98 Å². The molecule has 2 aromatic carbocycles. The van der Waals surface area contributed by atoms with E-state index >= 15 is 0 Å². The number of benzene rings is 2. The number of aliphatic hydroxyl groups excluding tert-OH is 1. The van der Waals surface area contributed by atoms with Crippen LogP contribution in [0.2, 0.25) is 0 Å². The van der Waals surface area contributed by atoms with Crippen LogP contribution in [0.3, 0.4) is 0 Å².